The van der Waals surface area contributed by atoms with Crippen LogP contribution in [0.1, 0.15) is 27.9 Å². The summed E-state index contributed by atoms with van der Waals surface area (Å²) in [7, 11) is 0. The zero-order valence-electron chi connectivity index (χ0n) is 8.66. The molecule has 0 saturated heterocycles. The Hall–Kier alpha value is -1.91. The van der Waals surface area contributed by atoms with E-state index in [2.05, 4.69) is 0 Å². The van der Waals surface area contributed by atoms with Gasteiger partial charge in [0.1, 0.15) is 5.82 Å². The molecular formula is C11H11FO4. The Morgan fingerprint density at radius 1 is 1.31 bits per heavy atom. The van der Waals surface area contributed by atoms with Gasteiger partial charge in [0.05, 0.1) is 5.56 Å². The van der Waals surface area contributed by atoms with E-state index in [4.69, 9.17) is 10.2 Å². The standard InChI is InChI=1S/C11H11FO4/c1-6-4-7(2-3-10(13)14)8(11(15)16)5-9(6)12/h4-5H,2-3H2,1H3,(H,13,14)(H,15,16). The Balaban J connectivity index is 3.09. The molecule has 0 fully saturated rings. The third-order valence-corrected chi connectivity index (χ3v) is 2.22. The van der Waals surface area contributed by atoms with Crippen molar-refractivity contribution in [1.82, 2.24) is 0 Å². The number of aliphatic carboxylic acids is 1. The van der Waals surface area contributed by atoms with Crippen LogP contribution < -0.4 is 0 Å². The molecule has 86 valence electrons. The van der Waals surface area contributed by atoms with Crippen LogP contribution in [0.4, 0.5) is 4.39 Å². The number of hydrogen-bond acceptors (Lipinski definition) is 2. The second-order valence-corrected chi connectivity index (χ2v) is 3.46. The first-order valence-corrected chi connectivity index (χ1v) is 4.66. The van der Waals surface area contributed by atoms with E-state index in [0.717, 1.165) is 6.07 Å². The van der Waals surface area contributed by atoms with Gasteiger partial charge in [-0.25, -0.2) is 9.18 Å². The molecule has 0 aromatic heterocycles. The number of aromatic carboxylic acids is 1. The van der Waals surface area contributed by atoms with E-state index < -0.39 is 17.8 Å². The van der Waals surface area contributed by atoms with E-state index in [-0.39, 0.29) is 18.4 Å². The van der Waals surface area contributed by atoms with E-state index in [1.54, 1.807) is 0 Å². The number of aryl methyl sites for hydroxylation is 2. The fraction of sp³-hybridized carbons (Fsp3) is 0.273. The fourth-order valence-corrected chi connectivity index (χ4v) is 1.39. The molecule has 0 aliphatic rings. The minimum Gasteiger partial charge on any atom is -0.481 e. The highest BCUT2D eigenvalue weighted by Gasteiger charge is 2.14. The summed E-state index contributed by atoms with van der Waals surface area (Å²) in [6.45, 7) is 1.51. The van der Waals surface area contributed by atoms with Crippen molar-refractivity contribution in [2.75, 3.05) is 0 Å². The Kier molecular flexibility index (Phi) is 3.60. The lowest BCUT2D eigenvalue weighted by Gasteiger charge is -2.07. The van der Waals surface area contributed by atoms with Gasteiger partial charge >= 0.3 is 11.9 Å². The molecule has 2 N–H and O–H groups in total. The van der Waals surface area contributed by atoms with E-state index in [9.17, 15) is 14.0 Å². The van der Waals surface area contributed by atoms with Crippen molar-refractivity contribution in [3.8, 4) is 0 Å². The predicted octanol–water partition coefficient (Wildman–Crippen LogP) is 1.85. The highest BCUT2D eigenvalue weighted by Crippen LogP contribution is 2.17. The SMILES string of the molecule is Cc1cc(CCC(=O)O)c(C(=O)O)cc1F. The van der Waals surface area contributed by atoms with Crippen LogP contribution in [0.15, 0.2) is 12.1 Å². The topological polar surface area (TPSA) is 74.6 Å². The molecule has 0 unspecified atom stereocenters. The molecule has 1 aromatic rings. The number of benzene rings is 1. The largest absolute Gasteiger partial charge is 0.481 e. The number of hydrogen-bond donors (Lipinski definition) is 2. The molecule has 0 radical (unpaired) electrons. The third-order valence-electron chi connectivity index (χ3n) is 2.22. The Bertz CT molecular complexity index is 440. The molecule has 0 heterocycles. The quantitative estimate of drug-likeness (QED) is 0.821. The summed E-state index contributed by atoms with van der Waals surface area (Å²) in [5.74, 6) is -2.87. The van der Waals surface area contributed by atoms with E-state index in [0.29, 0.717) is 11.1 Å². The summed E-state index contributed by atoms with van der Waals surface area (Å²) < 4.78 is 13.1. The van der Waals surface area contributed by atoms with Crippen LogP contribution in [0.25, 0.3) is 0 Å². The van der Waals surface area contributed by atoms with Gasteiger partial charge in [0.25, 0.3) is 0 Å². The van der Waals surface area contributed by atoms with Crippen LogP contribution in [0.5, 0.6) is 0 Å². The molecule has 0 atom stereocenters. The van der Waals surface area contributed by atoms with Crippen LogP contribution in [0, 0.1) is 12.7 Å². The van der Waals surface area contributed by atoms with Crippen molar-refractivity contribution in [2.45, 2.75) is 19.8 Å². The second kappa shape index (κ2) is 4.74. The van der Waals surface area contributed by atoms with Crippen LogP contribution in [0.3, 0.4) is 0 Å². The molecule has 1 rings (SSSR count). The normalized spacial score (nSPS) is 10.1. The van der Waals surface area contributed by atoms with Crippen LogP contribution in [0.2, 0.25) is 0 Å². The van der Waals surface area contributed by atoms with Gasteiger partial charge in [-0.3, -0.25) is 4.79 Å². The summed E-state index contributed by atoms with van der Waals surface area (Å²) in [6, 6.07) is 2.30. The first-order chi connectivity index (χ1) is 7.41. The van der Waals surface area contributed by atoms with Gasteiger partial charge in [-0.2, -0.15) is 0 Å². The average Bonchev–Trinajstić information content (AvgIpc) is 2.18. The summed E-state index contributed by atoms with van der Waals surface area (Å²) in [5.41, 5.74) is 0.475. The molecule has 0 saturated carbocycles. The Morgan fingerprint density at radius 2 is 1.94 bits per heavy atom. The van der Waals surface area contributed by atoms with Crippen molar-refractivity contribution in [3.63, 3.8) is 0 Å². The minimum atomic E-state index is -1.25. The zero-order chi connectivity index (χ0) is 12.3. The van der Waals surface area contributed by atoms with Gasteiger partial charge in [-0.15, -0.1) is 0 Å². The lowest BCUT2D eigenvalue weighted by molar-refractivity contribution is -0.136. The Morgan fingerprint density at radius 3 is 2.44 bits per heavy atom. The van der Waals surface area contributed by atoms with Crippen molar-refractivity contribution < 1.29 is 24.2 Å². The highest BCUT2D eigenvalue weighted by molar-refractivity contribution is 5.89. The molecule has 0 bridgehead atoms. The van der Waals surface area contributed by atoms with E-state index >= 15 is 0 Å². The summed E-state index contributed by atoms with van der Waals surface area (Å²) in [6.07, 6.45) is -0.0938. The monoisotopic (exact) mass is 226 g/mol. The Labute approximate surface area is 91.3 Å². The molecule has 16 heavy (non-hydrogen) atoms. The summed E-state index contributed by atoms with van der Waals surface area (Å²) >= 11 is 0. The van der Waals surface area contributed by atoms with Gasteiger partial charge in [0.15, 0.2) is 0 Å². The number of carbonyl (C=O) groups is 2. The molecule has 0 aliphatic carbocycles. The molecule has 1 aromatic carbocycles. The smallest absolute Gasteiger partial charge is 0.336 e. The fourth-order valence-electron chi connectivity index (χ4n) is 1.39. The highest BCUT2D eigenvalue weighted by atomic mass is 19.1. The van der Waals surface area contributed by atoms with Gasteiger partial charge in [0, 0.05) is 6.42 Å². The van der Waals surface area contributed by atoms with E-state index in [1.165, 1.54) is 13.0 Å². The predicted molar refractivity (Wildman–Crippen MR) is 54.1 cm³/mol. The number of carboxylic acid groups (broad SMARTS) is 2. The zero-order valence-corrected chi connectivity index (χ0v) is 8.66. The van der Waals surface area contributed by atoms with E-state index in [1.807, 2.05) is 0 Å². The molecule has 4 nitrogen and oxygen atoms in total. The second-order valence-electron chi connectivity index (χ2n) is 3.46. The first kappa shape index (κ1) is 12.2. The summed E-state index contributed by atoms with van der Waals surface area (Å²) in [4.78, 5) is 21.2. The lowest BCUT2D eigenvalue weighted by Crippen LogP contribution is -2.07. The number of halogens is 1. The molecule has 0 spiro atoms. The molecule has 0 aliphatic heterocycles. The third kappa shape index (κ3) is 2.79. The van der Waals surface area contributed by atoms with Gasteiger partial charge < -0.3 is 10.2 Å². The van der Waals surface area contributed by atoms with Crippen LogP contribution >= 0.6 is 0 Å². The first-order valence-electron chi connectivity index (χ1n) is 4.66. The van der Waals surface area contributed by atoms with Crippen molar-refractivity contribution >= 4 is 11.9 Å². The lowest BCUT2D eigenvalue weighted by atomic mass is 10.00. The number of rotatable bonds is 4. The number of carboxylic acids is 2. The summed E-state index contributed by atoms with van der Waals surface area (Å²) in [5, 5.41) is 17.3. The molecule has 5 heteroatoms. The average molecular weight is 226 g/mol. The van der Waals surface area contributed by atoms with Gasteiger partial charge in [-0.05, 0) is 30.5 Å². The van der Waals surface area contributed by atoms with Crippen molar-refractivity contribution in [3.05, 3.63) is 34.6 Å². The maximum Gasteiger partial charge on any atom is 0.336 e. The van der Waals surface area contributed by atoms with Crippen molar-refractivity contribution in [1.29, 1.82) is 0 Å². The maximum absolute atomic E-state index is 13.1. The van der Waals surface area contributed by atoms with Gasteiger partial charge in [-0.1, -0.05) is 6.07 Å². The van der Waals surface area contributed by atoms with Gasteiger partial charge in [0.2, 0.25) is 0 Å². The molecular weight excluding hydrogens is 215 g/mol. The van der Waals surface area contributed by atoms with Crippen LogP contribution in [-0.4, -0.2) is 22.2 Å². The molecule has 0 amide bonds. The minimum absolute atomic E-state index is 0.0814. The van der Waals surface area contributed by atoms with Crippen molar-refractivity contribution in [2.24, 2.45) is 0 Å². The maximum atomic E-state index is 13.1. The van der Waals surface area contributed by atoms with Crippen LogP contribution in [-0.2, 0) is 11.2 Å².